The molecule has 0 heterocycles. The molecule has 0 saturated carbocycles. The molecule has 0 fully saturated rings. The summed E-state index contributed by atoms with van der Waals surface area (Å²) < 4.78 is 0. The monoisotopic (exact) mass is 231 g/mol. The minimum absolute atomic E-state index is 0.322. The maximum atomic E-state index is 3.95. The highest BCUT2D eigenvalue weighted by molar-refractivity contribution is 5.19. The van der Waals surface area contributed by atoms with Crippen LogP contribution in [-0.2, 0) is 0 Å². The molecule has 1 unspecified atom stereocenters. The molecule has 0 aliphatic carbocycles. The summed E-state index contributed by atoms with van der Waals surface area (Å²) in [5, 5.41) is 3.59. The molecule has 1 aromatic rings. The van der Waals surface area contributed by atoms with Crippen LogP contribution in [0, 0.1) is 5.41 Å². The van der Waals surface area contributed by atoms with Gasteiger partial charge in [-0.05, 0) is 24.3 Å². The Morgan fingerprint density at radius 2 is 1.82 bits per heavy atom. The molecule has 1 N–H and O–H groups in total. The van der Waals surface area contributed by atoms with Gasteiger partial charge in [-0.25, -0.2) is 0 Å². The lowest BCUT2D eigenvalue weighted by molar-refractivity contribution is 0.315. The van der Waals surface area contributed by atoms with E-state index >= 15 is 0 Å². The molecule has 0 aliphatic heterocycles. The van der Waals surface area contributed by atoms with Crippen LogP contribution in [-0.4, -0.2) is 6.54 Å². The van der Waals surface area contributed by atoms with E-state index in [1.807, 2.05) is 0 Å². The smallest absolute Gasteiger partial charge is 0.0328 e. The Bertz CT molecular complexity index is 346. The van der Waals surface area contributed by atoms with Gasteiger partial charge >= 0.3 is 0 Å². The predicted octanol–water partition coefficient (Wildman–Crippen LogP) is 4.33. The number of nitrogens with one attached hydrogen (secondary N) is 1. The molecule has 1 rings (SSSR count). The fourth-order valence-electron chi connectivity index (χ4n) is 1.90. The van der Waals surface area contributed by atoms with Gasteiger partial charge in [0.05, 0.1) is 0 Å². The van der Waals surface area contributed by atoms with Crippen molar-refractivity contribution < 1.29 is 0 Å². The van der Waals surface area contributed by atoms with Crippen LogP contribution in [0.5, 0.6) is 0 Å². The second kappa shape index (κ2) is 6.02. The molecular weight excluding hydrogens is 206 g/mol. The Morgan fingerprint density at radius 3 is 2.29 bits per heavy atom. The first-order valence-electron chi connectivity index (χ1n) is 6.31. The zero-order chi connectivity index (χ0) is 12.9. The maximum absolute atomic E-state index is 3.95. The maximum Gasteiger partial charge on any atom is 0.0328 e. The molecule has 1 heteroatoms. The molecule has 1 nitrogen and oxygen atoms in total. The van der Waals surface area contributed by atoms with Crippen LogP contribution in [0.25, 0.3) is 0 Å². The van der Waals surface area contributed by atoms with Crippen LogP contribution in [0.4, 0.5) is 0 Å². The van der Waals surface area contributed by atoms with E-state index in [9.17, 15) is 0 Å². The highest BCUT2D eigenvalue weighted by atomic mass is 14.9. The summed E-state index contributed by atoms with van der Waals surface area (Å²) >= 11 is 0. The van der Waals surface area contributed by atoms with Crippen molar-refractivity contribution in [1.82, 2.24) is 5.32 Å². The predicted molar refractivity (Wildman–Crippen MR) is 76.1 cm³/mol. The van der Waals surface area contributed by atoms with Gasteiger partial charge in [0, 0.05) is 12.6 Å². The van der Waals surface area contributed by atoms with E-state index in [2.05, 4.69) is 69.9 Å². The number of rotatable bonds is 5. The Hall–Kier alpha value is -1.08. The van der Waals surface area contributed by atoms with Gasteiger partial charge in [0.15, 0.2) is 0 Å². The van der Waals surface area contributed by atoms with Crippen molar-refractivity contribution in [3.05, 3.63) is 48.0 Å². The van der Waals surface area contributed by atoms with Gasteiger partial charge in [-0.3, -0.25) is 0 Å². The van der Waals surface area contributed by atoms with Crippen LogP contribution in [0.15, 0.2) is 42.5 Å². The second-order valence-electron chi connectivity index (χ2n) is 6.07. The minimum Gasteiger partial charge on any atom is -0.306 e. The van der Waals surface area contributed by atoms with Crippen LogP contribution < -0.4 is 5.32 Å². The average molecular weight is 231 g/mol. The van der Waals surface area contributed by atoms with Crippen molar-refractivity contribution in [2.75, 3.05) is 6.54 Å². The third-order valence-electron chi connectivity index (χ3n) is 2.67. The third kappa shape index (κ3) is 5.69. The Kier molecular flexibility index (Phi) is 4.95. The van der Waals surface area contributed by atoms with E-state index < -0.39 is 0 Å². The van der Waals surface area contributed by atoms with Crippen molar-refractivity contribution in [3.63, 3.8) is 0 Å². The van der Waals surface area contributed by atoms with Gasteiger partial charge < -0.3 is 5.32 Å². The Labute approximate surface area is 106 Å². The highest BCUT2D eigenvalue weighted by Crippen LogP contribution is 2.29. The quantitative estimate of drug-likeness (QED) is 0.744. The molecular formula is C16H25N. The van der Waals surface area contributed by atoms with Crippen LogP contribution in [0.1, 0.15) is 45.7 Å². The molecule has 94 valence electrons. The standard InChI is InChI=1S/C16H25N/c1-13(2)12-17-15(11-16(3,4)5)14-9-7-6-8-10-14/h6-10,15,17H,1,11-12H2,2-5H3. The van der Waals surface area contributed by atoms with Crippen LogP contribution in [0.3, 0.4) is 0 Å². The third-order valence-corrected chi connectivity index (χ3v) is 2.67. The SMILES string of the molecule is C=C(C)CNC(CC(C)(C)C)c1ccccc1. The second-order valence-corrected chi connectivity index (χ2v) is 6.07. The molecule has 1 atom stereocenters. The highest BCUT2D eigenvalue weighted by Gasteiger charge is 2.19. The lowest BCUT2D eigenvalue weighted by Crippen LogP contribution is -2.27. The van der Waals surface area contributed by atoms with Gasteiger partial charge in [0.25, 0.3) is 0 Å². The normalized spacial score (nSPS) is 13.4. The summed E-state index contributed by atoms with van der Waals surface area (Å²) in [4.78, 5) is 0. The summed E-state index contributed by atoms with van der Waals surface area (Å²) in [7, 11) is 0. The van der Waals surface area contributed by atoms with Crippen molar-refractivity contribution in [2.24, 2.45) is 5.41 Å². The van der Waals surface area contributed by atoms with E-state index in [0.717, 1.165) is 13.0 Å². The summed E-state index contributed by atoms with van der Waals surface area (Å²) in [6.45, 7) is 13.8. The fraction of sp³-hybridized carbons (Fsp3) is 0.500. The van der Waals surface area contributed by atoms with Crippen molar-refractivity contribution in [2.45, 2.75) is 40.2 Å². The molecule has 17 heavy (non-hydrogen) atoms. The number of hydrogen-bond acceptors (Lipinski definition) is 1. The lowest BCUT2D eigenvalue weighted by atomic mass is 9.85. The van der Waals surface area contributed by atoms with Gasteiger partial charge in [-0.15, -0.1) is 0 Å². The molecule has 0 saturated heterocycles. The topological polar surface area (TPSA) is 12.0 Å². The van der Waals surface area contributed by atoms with Gasteiger partial charge in [-0.2, -0.15) is 0 Å². The summed E-state index contributed by atoms with van der Waals surface area (Å²) in [6.07, 6.45) is 1.13. The summed E-state index contributed by atoms with van der Waals surface area (Å²) in [5.41, 5.74) is 2.87. The molecule has 0 aliphatic rings. The van der Waals surface area contributed by atoms with Gasteiger partial charge in [-0.1, -0.05) is 63.3 Å². The summed E-state index contributed by atoms with van der Waals surface area (Å²) in [5.74, 6) is 0. The molecule has 0 radical (unpaired) electrons. The van der Waals surface area contributed by atoms with E-state index in [0.29, 0.717) is 11.5 Å². The first-order valence-corrected chi connectivity index (χ1v) is 6.31. The molecule has 1 aromatic carbocycles. The molecule has 0 bridgehead atoms. The minimum atomic E-state index is 0.322. The Balaban J connectivity index is 2.75. The van der Waals surface area contributed by atoms with E-state index in [4.69, 9.17) is 0 Å². The fourth-order valence-corrected chi connectivity index (χ4v) is 1.90. The average Bonchev–Trinajstić information content (AvgIpc) is 2.24. The first kappa shape index (κ1) is 14.0. The van der Waals surface area contributed by atoms with E-state index in [1.54, 1.807) is 0 Å². The molecule has 0 spiro atoms. The van der Waals surface area contributed by atoms with Crippen molar-refractivity contribution in [3.8, 4) is 0 Å². The largest absolute Gasteiger partial charge is 0.306 e. The van der Waals surface area contributed by atoms with Gasteiger partial charge in [0.1, 0.15) is 0 Å². The Morgan fingerprint density at radius 1 is 1.24 bits per heavy atom. The molecule has 0 aromatic heterocycles. The summed E-state index contributed by atoms with van der Waals surface area (Å²) in [6, 6.07) is 11.1. The lowest BCUT2D eigenvalue weighted by Gasteiger charge is -2.27. The first-order chi connectivity index (χ1) is 7.88. The number of benzene rings is 1. The van der Waals surface area contributed by atoms with Crippen LogP contribution in [0.2, 0.25) is 0 Å². The number of hydrogen-bond donors (Lipinski definition) is 1. The van der Waals surface area contributed by atoms with E-state index in [1.165, 1.54) is 11.1 Å². The van der Waals surface area contributed by atoms with E-state index in [-0.39, 0.29) is 0 Å². The van der Waals surface area contributed by atoms with Crippen molar-refractivity contribution >= 4 is 0 Å². The van der Waals surface area contributed by atoms with Crippen LogP contribution >= 0.6 is 0 Å². The zero-order valence-electron chi connectivity index (χ0n) is 11.6. The van der Waals surface area contributed by atoms with Crippen molar-refractivity contribution in [1.29, 1.82) is 0 Å². The zero-order valence-corrected chi connectivity index (χ0v) is 11.6. The molecule has 0 amide bonds. The van der Waals surface area contributed by atoms with Gasteiger partial charge in [0.2, 0.25) is 0 Å².